The minimum Gasteiger partial charge on any atom is -0.463 e. The molecule has 246 valence electrons. The van der Waals surface area contributed by atoms with Crippen molar-refractivity contribution in [1.82, 2.24) is 0 Å². The molecule has 0 fully saturated rings. The van der Waals surface area contributed by atoms with Crippen molar-refractivity contribution in [3.63, 3.8) is 0 Å². The molecule has 0 saturated heterocycles. The Kier molecular flexibility index (Phi) is 36.0. The quantitative estimate of drug-likeness (QED) is 0.0393. The first-order valence-corrected chi connectivity index (χ1v) is 17.1. The van der Waals surface area contributed by atoms with Crippen molar-refractivity contribution in [2.24, 2.45) is 5.92 Å². The van der Waals surface area contributed by atoms with Crippen LogP contribution in [0.4, 0.5) is 0 Å². The van der Waals surface area contributed by atoms with E-state index >= 15 is 0 Å². The summed E-state index contributed by atoms with van der Waals surface area (Å²) in [5.74, 6) is -0.110. The standard InChI is InChI=1S/C30H59IO10/c1-3-5-10-29(4-2)30(32)41-28-27-40-26-25-39-24-23-38-22-21-37-20-19-36-18-17-35-16-15-34-14-13-33-12-9-7-6-8-11-31/h29H,3-28H2,1-2H3. The first-order chi connectivity index (χ1) is 20.3. The van der Waals surface area contributed by atoms with Crippen molar-refractivity contribution in [1.29, 1.82) is 0 Å². The smallest absolute Gasteiger partial charge is 0.308 e. The molecular weight excluding hydrogens is 647 g/mol. The lowest BCUT2D eigenvalue weighted by Gasteiger charge is -2.13. The van der Waals surface area contributed by atoms with Gasteiger partial charge in [0.05, 0.1) is 105 Å². The summed E-state index contributed by atoms with van der Waals surface area (Å²) in [5, 5.41) is 0. The molecule has 0 spiro atoms. The molecule has 0 rings (SSSR count). The molecule has 0 saturated carbocycles. The van der Waals surface area contributed by atoms with Crippen molar-refractivity contribution >= 4 is 28.6 Å². The molecule has 0 aromatic heterocycles. The van der Waals surface area contributed by atoms with Crippen molar-refractivity contribution in [3.8, 4) is 0 Å². The number of carbonyl (C=O) groups excluding carboxylic acids is 1. The Balaban J connectivity index is 3.15. The fraction of sp³-hybridized carbons (Fsp3) is 0.967. The van der Waals surface area contributed by atoms with Gasteiger partial charge in [0.1, 0.15) is 6.61 Å². The van der Waals surface area contributed by atoms with Gasteiger partial charge >= 0.3 is 5.97 Å². The van der Waals surface area contributed by atoms with Crippen LogP contribution in [0.15, 0.2) is 0 Å². The summed E-state index contributed by atoms with van der Waals surface area (Å²) in [6.07, 6.45) is 8.84. The molecule has 0 radical (unpaired) electrons. The predicted octanol–water partition coefficient (Wildman–Crippen LogP) is 4.87. The van der Waals surface area contributed by atoms with Crippen LogP contribution in [-0.2, 0) is 47.4 Å². The van der Waals surface area contributed by atoms with Crippen LogP contribution in [0.5, 0.6) is 0 Å². The lowest BCUT2D eigenvalue weighted by atomic mass is 10.00. The molecule has 11 heteroatoms. The fourth-order valence-electron chi connectivity index (χ4n) is 3.55. The van der Waals surface area contributed by atoms with E-state index in [1.807, 2.05) is 6.92 Å². The van der Waals surface area contributed by atoms with Crippen LogP contribution in [-0.4, -0.2) is 123 Å². The number of unbranched alkanes of at least 4 members (excludes halogenated alkanes) is 4. The molecule has 0 N–H and O–H groups in total. The van der Waals surface area contributed by atoms with Crippen LogP contribution in [0.1, 0.15) is 65.2 Å². The van der Waals surface area contributed by atoms with Gasteiger partial charge in [-0.3, -0.25) is 4.79 Å². The van der Waals surface area contributed by atoms with E-state index in [2.05, 4.69) is 29.5 Å². The summed E-state index contributed by atoms with van der Waals surface area (Å²) >= 11 is 2.42. The zero-order valence-corrected chi connectivity index (χ0v) is 28.1. The highest BCUT2D eigenvalue weighted by Gasteiger charge is 2.16. The molecule has 10 nitrogen and oxygen atoms in total. The predicted molar refractivity (Wildman–Crippen MR) is 168 cm³/mol. The SMILES string of the molecule is CCCCC(CC)C(=O)OCCOCCOCCOCCOCCOCCOCCOCCOCCCCCCI. The Bertz CT molecular complexity index is 516. The number of hydrogen-bond acceptors (Lipinski definition) is 10. The second-order valence-corrected chi connectivity index (χ2v) is 10.5. The minimum absolute atomic E-state index is 0.00366. The molecule has 0 heterocycles. The Morgan fingerprint density at radius 1 is 0.488 bits per heavy atom. The molecule has 0 amide bonds. The Morgan fingerprint density at radius 3 is 1.22 bits per heavy atom. The van der Waals surface area contributed by atoms with Crippen LogP contribution < -0.4 is 0 Å². The lowest BCUT2D eigenvalue weighted by Crippen LogP contribution is -2.20. The normalized spacial score (nSPS) is 12.2. The summed E-state index contributed by atoms with van der Waals surface area (Å²) in [6, 6.07) is 0. The molecule has 1 atom stereocenters. The highest BCUT2D eigenvalue weighted by atomic mass is 127. The van der Waals surface area contributed by atoms with E-state index in [1.54, 1.807) is 0 Å². The molecule has 0 aliphatic heterocycles. The van der Waals surface area contributed by atoms with Gasteiger partial charge in [0, 0.05) is 6.61 Å². The third kappa shape index (κ3) is 32.6. The van der Waals surface area contributed by atoms with Gasteiger partial charge in [-0.25, -0.2) is 0 Å². The monoisotopic (exact) mass is 706 g/mol. The summed E-state index contributed by atoms with van der Waals surface area (Å²) in [4.78, 5) is 12.0. The molecule has 0 aromatic rings. The molecule has 0 aliphatic rings. The Morgan fingerprint density at radius 2 is 0.854 bits per heavy atom. The van der Waals surface area contributed by atoms with E-state index in [4.69, 9.17) is 42.6 Å². The maximum atomic E-state index is 12.0. The summed E-state index contributed by atoms with van der Waals surface area (Å²) < 4.78 is 50.4. The highest BCUT2D eigenvalue weighted by Crippen LogP contribution is 2.14. The number of halogens is 1. The zero-order chi connectivity index (χ0) is 29.9. The Labute approximate surface area is 263 Å². The number of alkyl halides is 1. The summed E-state index contributed by atoms with van der Waals surface area (Å²) in [5.41, 5.74) is 0. The van der Waals surface area contributed by atoms with E-state index in [0.717, 1.165) is 38.7 Å². The maximum absolute atomic E-state index is 12.0. The number of esters is 1. The first kappa shape index (κ1) is 40.9. The zero-order valence-electron chi connectivity index (χ0n) is 25.9. The molecular formula is C30H59IO10. The van der Waals surface area contributed by atoms with Crippen molar-refractivity contribution in [2.45, 2.75) is 65.2 Å². The maximum Gasteiger partial charge on any atom is 0.308 e. The van der Waals surface area contributed by atoms with Crippen LogP contribution >= 0.6 is 22.6 Å². The topological polar surface area (TPSA) is 100 Å². The number of carbonyl (C=O) groups is 1. The van der Waals surface area contributed by atoms with Crippen molar-refractivity contribution in [3.05, 3.63) is 0 Å². The van der Waals surface area contributed by atoms with Crippen LogP contribution in [0.3, 0.4) is 0 Å². The van der Waals surface area contributed by atoms with E-state index in [1.165, 1.54) is 23.7 Å². The van der Waals surface area contributed by atoms with Crippen molar-refractivity contribution < 1.29 is 47.4 Å². The molecule has 0 aromatic carbocycles. The van der Waals surface area contributed by atoms with Crippen molar-refractivity contribution in [2.75, 3.05) is 117 Å². The average Bonchev–Trinajstić information content (AvgIpc) is 2.98. The van der Waals surface area contributed by atoms with E-state index in [9.17, 15) is 4.79 Å². The van der Waals surface area contributed by atoms with Crippen LogP contribution in [0.25, 0.3) is 0 Å². The van der Waals surface area contributed by atoms with Crippen LogP contribution in [0.2, 0.25) is 0 Å². The van der Waals surface area contributed by atoms with Gasteiger partial charge < -0.3 is 42.6 Å². The molecule has 0 bridgehead atoms. The molecule has 41 heavy (non-hydrogen) atoms. The van der Waals surface area contributed by atoms with Crippen LogP contribution in [0, 0.1) is 5.92 Å². The van der Waals surface area contributed by atoms with Gasteiger partial charge in [0.15, 0.2) is 0 Å². The average molecular weight is 707 g/mol. The number of hydrogen-bond donors (Lipinski definition) is 0. The van der Waals surface area contributed by atoms with Gasteiger partial charge in [0.2, 0.25) is 0 Å². The number of rotatable bonds is 35. The third-order valence-corrected chi connectivity index (χ3v) is 6.74. The lowest BCUT2D eigenvalue weighted by molar-refractivity contribution is -0.150. The summed E-state index contributed by atoms with van der Waals surface area (Å²) in [6.45, 7) is 13.1. The molecule has 1 unspecified atom stereocenters. The van der Waals surface area contributed by atoms with E-state index in [-0.39, 0.29) is 18.5 Å². The minimum atomic E-state index is -0.114. The number of ether oxygens (including phenoxy) is 9. The largest absolute Gasteiger partial charge is 0.463 e. The van der Waals surface area contributed by atoms with Gasteiger partial charge in [0.25, 0.3) is 0 Å². The highest BCUT2D eigenvalue weighted by molar-refractivity contribution is 14.1. The van der Waals surface area contributed by atoms with Gasteiger partial charge in [-0.05, 0) is 30.1 Å². The van der Waals surface area contributed by atoms with E-state index < -0.39 is 0 Å². The van der Waals surface area contributed by atoms with Gasteiger partial charge in [-0.1, -0.05) is 62.1 Å². The third-order valence-electron chi connectivity index (χ3n) is 5.98. The second kappa shape index (κ2) is 36.1. The summed E-state index contributed by atoms with van der Waals surface area (Å²) in [7, 11) is 0. The van der Waals surface area contributed by atoms with E-state index in [0.29, 0.717) is 99.1 Å². The Hall–Kier alpha value is -0.120. The second-order valence-electron chi connectivity index (χ2n) is 9.42. The first-order valence-electron chi connectivity index (χ1n) is 15.6. The molecule has 0 aliphatic carbocycles. The van der Waals surface area contributed by atoms with Gasteiger partial charge in [-0.15, -0.1) is 0 Å². The fourth-order valence-corrected chi connectivity index (χ4v) is 4.09. The van der Waals surface area contributed by atoms with Gasteiger partial charge in [-0.2, -0.15) is 0 Å².